The van der Waals surface area contributed by atoms with Crippen LogP contribution in [-0.2, 0) is 27.3 Å². The summed E-state index contributed by atoms with van der Waals surface area (Å²) in [5.74, 6) is -1.83. The minimum atomic E-state index is -1.01. The number of benzene rings is 2. The molecule has 3 atom stereocenters. The van der Waals surface area contributed by atoms with Crippen LogP contribution in [-0.4, -0.2) is 45.3 Å². The number of carboxylic acid groups (broad SMARTS) is 1. The highest BCUT2D eigenvalue weighted by atomic mass is 16.4. The van der Waals surface area contributed by atoms with Crippen LogP contribution in [0.2, 0.25) is 0 Å². The Hall–Kier alpha value is -3.15. The fourth-order valence-electron chi connectivity index (χ4n) is 4.39. The third kappa shape index (κ3) is 3.62. The van der Waals surface area contributed by atoms with Gasteiger partial charge in [0.2, 0.25) is 11.8 Å². The number of aliphatic carboxylic acids is 1. The van der Waals surface area contributed by atoms with E-state index < -0.39 is 17.9 Å². The number of rotatable bonds is 4. The topological polar surface area (TPSA) is 77.9 Å². The second-order valence-electron chi connectivity index (χ2n) is 7.83. The van der Waals surface area contributed by atoms with E-state index in [9.17, 15) is 19.5 Å². The maximum absolute atomic E-state index is 13.3. The van der Waals surface area contributed by atoms with E-state index >= 15 is 0 Å². The van der Waals surface area contributed by atoms with Crippen LogP contribution in [0.1, 0.15) is 36.1 Å². The highest BCUT2D eigenvalue weighted by Crippen LogP contribution is 2.32. The van der Waals surface area contributed by atoms with E-state index in [-0.39, 0.29) is 30.8 Å². The molecule has 2 aromatic carbocycles. The normalized spacial score (nSPS) is 22.3. The summed E-state index contributed by atoms with van der Waals surface area (Å²) in [5, 5.41) is 9.70. The molecule has 1 saturated heterocycles. The minimum absolute atomic E-state index is 0.0658. The van der Waals surface area contributed by atoms with Gasteiger partial charge in [-0.05, 0) is 23.6 Å². The average molecular weight is 392 g/mol. The van der Waals surface area contributed by atoms with Crippen molar-refractivity contribution < 1.29 is 19.5 Å². The van der Waals surface area contributed by atoms with Crippen LogP contribution < -0.4 is 0 Å². The van der Waals surface area contributed by atoms with Crippen molar-refractivity contribution in [3.05, 3.63) is 71.3 Å². The fraction of sp³-hybridized carbons (Fsp3) is 0.348. The van der Waals surface area contributed by atoms with Crippen molar-refractivity contribution >= 4 is 17.8 Å². The molecule has 2 amide bonds. The monoisotopic (exact) mass is 392 g/mol. The first kappa shape index (κ1) is 19.2. The van der Waals surface area contributed by atoms with E-state index in [1.165, 1.54) is 4.90 Å². The van der Waals surface area contributed by atoms with Crippen molar-refractivity contribution in [2.45, 2.75) is 38.4 Å². The third-order valence-electron chi connectivity index (χ3n) is 6.07. The summed E-state index contributed by atoms with van der Waals surface area (Å²) in [7, 11) is 0. The molecule has 6 heteroatoms. The number of hydrogen-bond acceptors (Lipinski definition) is 3. The summed E-state index contributed by atoms with van der Waals surface area (Å²) in [5.41, 5.74) is 2.95. The third-order valence-corrected chi connectivity index (χ3v) is 6.07. The number of carboxylic acids is 1. The lowest BCUT2D eigenvalue weighted by atomic mass is 9.92. The van der Waals surface area contributed by atoms with Crippen LogP contribution in [0.4, 0.5) is 0 Å². The summed E-state index contributed by atoms with van der Waals surface area (Å²) in [4.78, 5) is 40.9. The van der Waals surface area contributed by atoms with Crippen molar-refractivity contribution in [3.63, 3.8) is 0 Å². The molecule has 2 aromatic rings. The highest BCUT2D eigenvalue weighted by Gasteiger charge is 2.42. The van der Waals surface area contributed by atoms with Crippen LogP contribution in [0.3, 0.4) is 0 Å². The molecular formula is C23H24N2O4. The first-order valence-electron chi connectivity index (χ1n) is 9.90. The van der Waals surface area contributed by atoms with Crippen molar-refractivity contribution in [2.75, 3.05) is 6.54 Å². The zero-order valence-corrected chi connectivity index (χ0v) is 16.3. The maximum Gasteiger partial charge on any atom is 0.326 e. The molecule has 3 unspecified atom stereocenters. The van der Waals surface area contributed by atoms with Crippen LogP contribution in [0.5, 0.6) is 0 Å². The summed E-state index contributed by atoms with van der Waals surface area (Å²) in [6.45, 7) is 2.54. The minimum Gasteiger partial charge on any atom is -0.480 e. The number of fused-ring (bicyclic) bond motifs is 1. The lowest BCUT2D eigenvalue weighted by Gasteiger charge is -2.36. The number of hydrogen-bond donors (Lipinski definition) is 1. The molecule has 29 heavy (non-hydrogen) atoms. The molecule has 2 aliphatic heterocycles. The molecule has 0 radical (unpaired) electrons. The number of carbonyl (C=O) groups is 3. The number of amides is 2. The SMILES string of the molecule is CC(c1ccccc1)N1CC(C(=O)N2Cc3ccccc3CC2C(=O)O)CC1=O. The molecule has 1 fully saturated rings. The van der Waals surface area contributed by atoms with Gasteiger partial charge in [-0.15, -0.1) is 0 Å². The molecule has 0 aliphatic carbocycles. The molecule has 4 rings (SSSR count). The lowest BCUT2D eigenvalue weighted by molar-refractivity contribution is -0.153. The molecule has 2 aliphatic rings. The Balaban J connectivity index is 1.53. The standard InChI is InChI=1S/C23H24N2O4/c1-15(16-7-3-2-4-8-16)24-14-19(12-21(24)26)22(27)25-13-18-10-6-5-9-17(18)11-20(25)23(28)29/h2-10,15,19-20H,11-14H2,1H3,(H,28,29). The van der Waals surface area contributed by atoms with Gasteiger partial charge in [-0.1, -0.05) is 54.6 Å². The van der Waals surface area contributed by atoms with E-state index in [0.717, 1.165) is 16.7 Å². The zero-order chi connectivity index (χ0) is 20.5. The van der Waals surface area contributed by atoms with Gasteiger partial charge in [0.15, 0.2) is 0 Å². The summed E-state index contributed by atoms with van der Waals surface area (Å²) in [6, 6.07) is 16.3. The number of carbonyl (C=O) groups excluding carboxylic acids is 2. The predicted molar refractivity (Wildman–Crippen MR) is 107 cm³/mol. The van der Waals surface area contributed by atoms with Crippen LogP contribution in [0.25, 0.3) is 0 Å². The summed E-state index contributed by atoms with van der Waals surface area (Å²) >= 11 is 0. The van der Waals surface area contributed by atoms with Gasteiger partial charge in [0.25, 0.3) is 0 Å². The van der Waals surface area contributed by atoms with Gasteiger partial charge in [-0.25, -0.2) is 4.79 Å². The molecule has 2 heterocycles. The van der Waals surface area contributed by atoms with Gasteiger partial charge in [0.1, 0.15) is 6.04 Å². The Morgan fingerprint density at radius 2 is 1.66 bits per heavy atom. The molecular weight excluding hydrogens is 368 g/mol. The molecule has 0 saturated carbocycles. The smallest absolute Gasteiger partial charge is 0.326 e. The van der Waals surface area contributed by atoms with Gasteiger partial charge in [0.05, 0.1) is 12.0 Å². The Morgan fingerprint density at radius 1 is 1.00 bits per heavy atom. The molecule has 6 nitrogen and oxygen atoms in total. The van der Waals surface area contributed by atoms with E-state index in [1.807, 2.05) is 61.5 Å². The van der Waals surface area contributed by atoms with Gasteiger partial charge < -0.3 is 14.9 Å². The van der Waals surface area contributed by atoms with Gasteiger partial charge >= 0.3 is 5.97 Å². The van der Waals surface area contributed by atoms with Crippen molar-refractivity contribution in [1.82, 2.24) is 9.80 Å². The van der Waals surface area contributed by atoms with Crippen LogP contribution in [0, 0.1) is 5.92 Å². The molecule has 0 bridgehead atoms. The van der Waals surface area contributed by atoms with Crippen molar-refractivity contribution in [2.24, 2.45) is 5.92 Å². The average Bonchev–Trinajstić information content (AvgIpc) is 3.13. The largest absolute Gasteiger partial charge is 0.480 e. The number of nitrogens with zero attached hydrogens (tertiary/aromatic N) is 2. The Morgan fingerprint density at radius 3 is 2.34 bits per heavy atom. The molecule has 0 aromatic heterocycles. The number of likely N-dealkylation sites (tertiary alicyclic amines) is 1. The Bertz CT molecular complexity index is 943. The Labute approximate surface area is 169 Å². The molecule has 0 spiro atoms. The molecule has 150 valence electrons. The second kappa shape index (κ2) is 7.70. The highest BCUT2D eigenvalue weighted by molar-refractivity contribution is 5.92. The van der Waals surface area contributed by atoms with Gasteiger partial charge in [0, 0.05) is 25.9 Å². The van der Waals surface area contributed by atoms with Gasteiger partial charge in [-0.2, -0.15) is 0 Å². The van der Waals surface area contributed by atoms with Crippen molar-refractivity contribution in [3.8, 4) is 0 Å². The van der Waals surface area contributed by atoms with E-state index in [2.05, 4.69) is 0 Å². The lowest BCUT2D eigenvalue weighted by Crippen LogP contribution is -2.51. The maximum atomic E-state index is 13.3. The molecule has 1 N–H and O–H groups in total. The summed E-state index contributed by atoms with van der Waals surface area (Å²) in [6.07, 6.45) is 0.419. The fourth-order valence-corrected chi connectivity index (χ4v) is 4.39. The first-order chi connectivity index (χ1) is 14.0. The van der Waals surface area contributed by atoms with Gasteiger partial charge in [-0.3, -0.25) is 9.59 Å². The first-order valence-corrected chi connectivity index (χ1v) is 9.90. The summed E-state index contributed by atoms with van der Waals surface area (Å²) < 4.78 is 0. The zero-order valence-electron chi connectivity index (χ0n) is 16.3. The van der Waals surface area contributed by atoms with E-state index in [4.69, 9.17) is 0 Å². The quantitative estimate of drug-likeness (QED) is 0.868. The Kier molecular flexibility index (Phi) is 5.09. The van der Waals surface area contributed by atoms with E-state index in [0.29, 0.717) is 13.0 Å². The van der Waals surface area contributed by atoms with Crippen LogP contribution >= 0.6 is 0 Å². The van der Waals surface area contributed by atoms with Crippen LogP contribution in [0.15, 0.2) is 54.6 Å². The predicted octanol–water partition coefficient (Wildman–Crippen LogP) is 2.63. The van der Waals surface area contributed by atoms with Crippen molar-refractivity contribution in [1.29, 1.82) is 0 Å². The van der Waals surface area contributed by atoms with E-state index in [1.54, 1.807) is 4.90 Å². The second-order valence-corrected chi connectivity index (χ2v) is 7.83.